The monoisotopic (exact) mass is 481 g/mol. The van der Waals surface area contributed by atoms with E-state index in [0.29, 0.717) is 16.6 Å². The first-order valence-corrected chi connectivity index (χ1v) is 13.7. The molecule has 32 heavy (non-hydrogen) atoms. The van der Waals surface area contributed by atoms with Crippen molar-refractivity contribution in [2.24, 2.45) is 0 Å². The smallest absolute Gasteiger partial charge is 0.214 e. The molecule has 0 bridgehead atoms. The average Bonchev–Trinajstić information content (AvgIpc) is 3.23. The van der Waals surface area contributed by atoms with E-state index in [9.17, 15) is 10.2 Å². The van der Waals surface area contributed by atoms with Crippen LogP contribution in [0, 0.1) is 0 Å². The summed E-state index contributed by atoms with van der Waals surface area (Å²) in [6, 6.07) is 3.26. The standard InChI is InChI=1S/C23H39N5O2S2/c1-4-7-8-9-10-11-12-13-16-31-21-17-20(30)22(18-19(21)29)32-23-24-25-26-28(23)15-14-27(5-2)6-3/h17-18,29-30H,4-16H2,1-3H3. The fraction of sp³-hybridized carbons (Fsp3) is 0.696. The fourth-order valence-corrected chi connectivity index (χ4v) is 5.25. The number of tetrazole rings is 1. The van der Waals surface area contributed by atoms with Gasteiger partial charge in [-0.25, -0.2) is 4.68 Å². The Kier molecular flexibility index (Phi) is 12.9. The van der Waals surface area contributed by atoms with Crippen molar-refractivity contribution < 1.29 is 10.2 Å². The van der Waals surface area contributed by atoms with Crippen molar-refractivity contribution >= 4 is 23.5 Å². The molecule has 9 heteroatoms. The maximum Gasteiger partial charge on any atom is 0.214 e. The SMILES string of the molecule is CCCCCCCCCCSc1cc(O)c(Sc2nnnn2CCN(CC)CC)cc1O. The molecule has 0 fully saturated rings. The van der Waals surface area contributed by atoms with Crippen molar-refractivity contribution in [1.29, 1.82) is 0 Å². The predicted octanol–water partition coefficient (Wildman–Crippen LogP) is 5.81. The van der Waals surface area contributed by atoms with Crippen LogP contribution in [-0.2, 0) is 6.54 Å². The lowest BCUT2D eigenvalue weighted by Crippen LogP contribution is -2.27. The van der Waals surface area contributed by atoms with Crippen LogP contribution in [0.3, 0.4) is 0 Å². The largest absolute Gasteiger partial charge is 0.507 e. The summed E-state index contributed by atoms with van der Waals surface area (Å²) >= 11 is 2.87. The van der Waals surface area contributed by atoms with Gasteiger partial charge in [0.25, 0.3) is 0 Å². The molecule has 180 valence electrons. The Morgan fingerprint density at radius 1 is 0.875 bits per heavy atom. The minimum atomic E-state index is 0.143. The second-order valence-corrected chi connectivity index (χ2v) is 10.1. The molecule has 0 unspecified atom stereocenters. The molecule has 0 amide bonds. The minimum Gasteiger partial charge on any atom is -0.507 e. The van der Waals surface area contributed by atoms with Crippen LogP contribution in [0.15, 0.2) is 27.1 Å². The van der Waals surface area contributed by atoms with Crippen LogP contribution in [0.4, 0.5) is 0 Å². The third kappa shape index (κ3) is 9.19. The number of hydrogen-bond acceptors (Lipinski definition) is 8. The highest BCUT2D eigenvalue weighted by molar-refractivity contribution is 7.99. The predicted molar refractivity (Wildman–Crippen MR) is 133 cm³/mol. The molecule has 2 aromatic rings. The Hall–Kier alpha value is -1.45. The molecule has 0 radical (unpaired) electrons. The number of unbranched alkanes of at least 4 members (excludes halogenated alkanes) is 7. The molecule has 2 N–H and O–H groups in total. The number of rotatable bonds is 17. The van der Waals surface area contributed by atoms with Crippen molar-refractivity contribution in [3.63, 3.8) is 0 Å². The van der Waals surface area contributed by atoms with E-state index >= 15 is 0 Å². The minimum absolute atomic E-state index is 0.143. The highest BCUT2D eigenvalue weighted by atomic mass is 32.2. The van der Waals surface area contributed by atoms with E-state index < -0.39 is 0 Å². The molecule has 0 atom stereocenters. The topological polar surface area (TPSA) is 87.3 Å². The van der Waals surface area contributed by atoms with Gasteiger partial charge in [0.1, 0.15) is 11.5 Å². The summed E-state index contributed by atoms with van der Waals surface area (Å²) in [5.41, 5.74) is 0. The van der Waals surface area contributed by atoms with Crippen molar-refractivity contribution in [2.75, 3.05) is 25.4 Å². The fourth-order valence-electron chi connectivity index (χ4n) is 3.44. The van der Waals surface area contributed by atoms with Gasteiger partial charge in [0.05, 0.1) is 16.3 Å². The summed E-state index contributed by atoms with van der Waals surface area (Å²) in [5, 5.41) is 33.5. The molecule has 0 saturated carbocycles. The molecule has 1 heterocycles. The quantitative estimate of drug-likeness (QED) is 0.166. The van der Waals surface area contributed by atoms with Crippen LogP contribution in [-0.4, -0.2) is 60.7 Å². The highest BCUT2D eigenvalue weighted by Gasteiger charge is 2.15. The summed E-state index contributed by atoms with van der Waals surface area (Å²) in [4.78, 5) is 3.58. The third-order valence-electron chi connectivity index (χ3n) is 5.52. The number of phenolic OH excluding ortho intramolecular Hbond substituents is 2. The number of hydrogen-bond donors (Lipinski definition) is 2. The van der Waals surface area contributed by atoms with E-state index in [1.807, 2.05) is 0 Å². The average molecular weight is 482 g/mol. The van der Waals surface area contributed by atoms with Crippen LogP contribution in [0.1, 0.15) is 72.1 Å². The van der Waals surface area contributed by atoms with Gasteiger partial charge in [-0.05, 0) is 59.6 Å². The molecular weight excluding hydrogens is 442 g/mol. The van der Waals surface area contributed by atoms with Gasteiger partial charge in [-0.15, -0.1) is 16.9 Å². The first-order valence-electron chi connectivity index (χ1n) is 11.9. The molecule has 1 aromatic carbocycles. The van der Waals surface area contributed by atoms with Crippen molar-refractivity contribution in [3.8, 4) is 11.5 Å². The lowest BCUT2D eigenvalue weighted by molar-refractivity contribution is 0.279. The highest BCUT2D eigenvalue weighted by Crippen LogP contribution is 2.41. The van der Waals surface area contributed by atoms with E-state index in [-0.39, 0.29) is 11.5 Å². The normalized spacial score (nSPS) is 11.5. The number of aromatic hydroxyl groups is 2. The second-order valence-electron chi connectivity index (χ2n) is 7.92. The van der Waals surface area contributed by atoms with Crippen molar-refractivity contribution in [3.05, 3.63) is 12.1 Å². The molecule has 0 saturated heterocycles. The summed E-state index contributed by atoms with van der Waals surface area (Å²) in [6.07, 6.45) is 10.3. The molecule has 0 spiro atoms. The number of likely N-dealkylation sites (N-methyl/N-ethyl adjacent to an activating group) is 1. The van der Waals surface area contributed by atoms with Crippen molar-refractivity contribution in [2.45, 2.75) is 93.6 Å². The van der Waals surface area contributed by atoms with E-state index in [0.717, 1.165) is 36.7 Å². The van der Waals surface area contributed by atoms with Crippen molar-refractivity contribution in [1.82, 2.24) is 25.1 Å². The Balaban J connectivity index is 1.82. The number of phenols is 2. The third-order valence-corrected chi connectivity index (χ3v) is 7.67. The van der Waals surface area contributed by atoms with Gasteiger partial charge in [-0.2, -0.15) is 0 Å². The Bertz CT molecular complexity index is 784. The molecule has 1 aromatic heterocycles. The Morgan fingerprint density at radius 3 is 2.19 bits per heavy atom. The summed E-state index contributed by atoms with van der Waals surface area (Å²) in [5.74, 6) is 1.28. The molecule has 2 rings (SSSR count). The lowest BCUT2D eigenvalue weighted by Gasteiger charge is -2.17. The summed E-state index contributed by atoms with van der Waals surface area (Å²) < 4.78 is 1.74. The number of nitrogens with zero attached hydrogens (tertiary/aromatic N) is 5. The van der Waals surface area contributed by atoms with Gasteiger partial charge in [0, 0.05) is 6.54 Å². The van der Waals surface area contributed by atoms with Crippen LogP contribution >= 0.6 is 23.5 Å². The number of aromatic nitrogens is 4. The van der Waals surface area contributed by atoms with Crippen LogP contribution in [0.2, 0.25) is 0 Å². The number of benzene rings is 1. The van der Waals surface area contributed by atoms with Crippen LogP contribution in [0.25, 0.3) is 0 Å². The van der Waals surface area contributed by atoms with E-state index in [4.69, 9.17) is 0 Å². The van der Waals surface area contributed by atoms with Gasteiger partial charge in [-0.1, -0.05) is 65.7 Å². The van der Waals surface area contributed by atoms with Gasteiger partial charge >= 0.3 is 0 Å². The lowest BCUT2D eigenvalue weighted by atomic mass is 10.1. The van der Waals surface area contributed by atoms with E-state index in [1.54, 1.807) is 28.6 Å². The van der Waals surface area contributed by atoms with Crippen LogP contribution < -0.4 is 0 Å². The van der Waals surface area contributed by atoms with E-state index in [1.165, 1.54) is 56.7 Å². The van der Waals surface area contributed by atoms with Gasteiger partial charge < -0.3 is 15.1 Å². The van der Waals surface area contributed by atoms with E-state index in [2.05, 4.69) is 41.2 Å². The van der Waals surface area contributed by atoms with Gasteiger partial charge in [0.15, 0.2) is 0 Å². The van der Waals surface area contributed by atoms with Crippen LogP contribution in [0.5, 0.6) is 11.5 Å². The first-order chi connectivity index (χ1) is 15.6. The number of thioether (sulfide) groups is 1. The molecule has 0 aliphatic rings. The Labute approximate surface area is 201 Å². The zero-order valence-corrected chi connectivity index (χ0v) is 21.4. The maximum atomic E-state index is 10.5. The molecule has 0 aliphatic carbocycles. The Morgan fingerprint density at radius 2 is 1.50 bits per heavy atom. The summed E-state index contributed by atoms with van der Waals surface area (Å²) in [6.45, 7) is 10.0. The second kappa shape index (κ2) is 15.4. The molecule has 7 nitrogen and oxygen atoms in total. The zero-order valence-electron chi connectivity index (χ0n) is 19.8. The molecular formula is C23H39N5O2S2. The van der Waals surface area contributed by atoms with Gasteiger partial charge in [-0.3, -0.25) is 0 Å². The zero-order chi connectivity index (χ0) is 23.2. The first kappa shape index (κ1) is 26.8. The maximum absolute atomic E-state index is 10.5. The molecule has 0 aliphatic heterocycles. The van der Waals surface area contributed by atoms with Gasteiger partial charge in [0.2, 0.25) is 5.16 Å². The summed E-state index contributed by atoms with van der Waals surface area (Å²) in [7, 11) is 0.